The largest absolute Gasteiger partial charge is 0.352 e. The molecule has 4 nitrogen and oxygen atoms in total. The summed E-state index contributed by atoms with van der Waals surface area (Å²) in [7, 11) is 0. The van der Waals surface area contributed by atoms with Crippen molar-refractivity contribution in [1.29, 1.82) is 0 Å². The second kappa shape index (κ2) is 4.35. The third-order valence-electron chi connectivity index (χ3n) is 1.41. The molecule has 1 atom stereocenters. The molecule has 4 N–H and O–H groups in total. The Hall–Kier alpha value is -0.480. The summed E-state index contributed by atoms with van der Waals surface area (Å²) < 4.78 is 0. The fourth-order valence-corrected chi connectivity index (χ4v) is 0.979. The van der Waals surface area contributed by atoms with E-state index in [9.17, 15) is 4.79 Å². The molecule has 0 aliphatic carbocycles. The molecular formula is C5H12ClN3O. The van der Waals surface area contributed by atoms with E-state index in [2.05, 4.69) is 10.6 Å². The Morgan fingerprint density at radius 3 is 2.80 bits per heavy atom. The molecule has 0 aromatic rings. The van der Waals surface area contributed by atoms with Crippen LogP contribution in [-0.4, -0.2) is 25.2 Å². The van der Waals surface area contributed by atoms with Gasteiger partial charge >= 0.3 is 6.03 Å². The molecule has 2 amide bonds. The molecule has 0 saturated carbocycles. The van der Waals surface area contributed by atoms with Crippen LogP contribution >= 0.6 is 12.4 Å². The maximum absolute atomic E-state index is 10.2. The normalized spacial score (nSPS) is 23.4. The Morgan fingerprint density at radius 2 is 2.40 bits per heavy atom. The molecule has 0 aromatic carbocycles. The second-order valence-electron chi connectivity index (χ2n) is 2.20. The third-order valence-corrected chi connectivity index (χ3v) is 1.41. The molecule has 0 unspecified atom stereocenters. The van der Waals surface area contributed by atoms with Crippen molar-refractivity contribution in [2.45, 2.75) is 12.5 Å². The molecule has 1 fully saturated rings. The van der Waals surface area contributed by atoms with E-state index in [1.54, 1.807) is 0 Å². The van der Waals surface area contributed by atoms with Crippen LogP contribution in [0.3, 0.4) is 0 Å². The Kier molecular flexibility index (Phi) is 4.14. The lowest BCUT2D eigenvalue weighted by atomic mass is 10.3. The van der Waals surface area contributed by atoms with Crippen LogP contribution in [-0.2, 0) is 0 Å². The van der Waals surface area contributed by atoms with Gasteiger partial charge < -0.3 is 16.4 Å². The van der Waals surface area contributed by atoms with E-state index in [0.717, 1.165) is 19.5 Å². The van der Waals surface area contributed by atoms with E-state index in [-0.39, 0.29) is 18.4 Å². The van der Waals surface area contributed by atoms with Crippen molar-refractivity contribution in [3.8, 4) is 0 Å². The molecule has 1 saturated heterocycles. The fraction of sp³-hybridized carbons (Fsp3) is 0.800. The highest BCUT2D eigenvalue weighted by Gasteiger charge is 2.14. The Labute approximate surface area is 65.9 Å². The van der Waals surface area contributed by atoms with Crippen LogP contribution in [0.15, 0.2) is 0 Å². The van der Waals surface area contributed by atoms with Crippen molar-refractivity contribution in [1.82, 2.24) is 10.6 Å². The predicted molar refractivity (Wildman–Crippen MR) is 41.2 cm³/mol. The standard InChI is InChI=1S/C5H11N3O.ClH/c6-5(9)8-4-1-2-7-3-4;/h4,7H,1-3H2,(H3,6,8,9);1H/t4-;/m1./s1. The number of hydrogen-bond donors (Lipinski definition) is 3. The van der Waals surface area contributed by atoms with Gasteiger partial charge in [0, 0.05) is 12.6 Å². The number of rotatable bonds is 1. The van der Waals surface area contributed by atoms with E-state index < -0.39 is 6.03 Å². The van der Waals surface area contributed by atoms with Crippen molar-refractivity contribution in [2.24, 2.45) is 5.73 Å². The number of primary amides is 1. The van der Waals surface area contributed by atoms with Crippen LogP contribution in [0.2, 0.25) is 0 Å². The Bertz CT molecular complexity index is 113. The minimum atomic E-state index is -0.427. The minimum Gasteiger partial charge on any atom is -0.352 e. The SMILES string of the molecule is Cl.NC(=O)N[C@@H]1CCNC1. The lowest BCUT2D eigenvalue weighted by molar-refractivity contribution is 0.246. The van der Waals surface area contributed by atoms with Crippen LogP contribution in [0.4, 0.5) is 4.79 Å². The molecule has 0 spiro atoms. The van der Waals surface area contributed by atoms with E-state index in [1.165, 1.54) is 0 Å². The summed E-state index contributed by atoms with van der Waals surface area (Å²) in [6.45, 7) is 1.83. The summed E-state index contributed by atoms with van der Waals surface area (Å²) >= 11 is 0. The average molecular weight is 166 g/mol. The lowest BCUT2D eigenvalue weighted by Crippen LogP contribution is -2.39. The van der Waals surface area contributed by atoms with Crippen molar-refractivity contribution in [3.63, 3.8) is 0 Å². The van der Waals surface area contributed by atoms with Crippen LogP contribution in [0.5, 0.6) is 0 Å². The molecule has 0 bridgehead atoms. The van der Waals surface area contributed by atoms with E-state index >= 15 is 0 Å². The molecule has 1 heterocycles. The molecule has 1 rings (SSSR count). The molecule has 10 heavy (non-hydrogen) atoms. The maximum Gasteiger partial charge on any atom is 0.312 e. The minimum absolute atomic E-state index is 0. The quantitative estimate of drug-likeness (QED) is 0.488. The summed E-state index contributed by atoms with van der Waals surface area (Å²) in [5, 5.41) is 5.73. The van der Waals surface area contributed by atoms with Crippen LogP contribution in [0, 0.1) is 0 Å². The zero-order valence-corrected chi connectivity index (χ0v) is 6.41. The molecule has 0 radical (unpaired) electrons. The van der Waals surface area contributed by atoms with Gasteiger partial charge in [0.1, 0.15) is 0 Å². The van der Waals surface area contributed by atoms with Crippen LogP contribution in [0.1, 0.15) is 6.42 Å². The zero-order chi connectivity index (χ0) is 6.69. The highest BCUT2D eigenvalue weighted by atomic mass is 35.5. The van der Waals surface area contributed by atoms with Gasteiger partial charge in [-0.2, -0.15) is 0 Å². The number of carbonyl (C=O) groups is 1. The molecule has 5 heteroatoms. The van der Waals surface area contributed by atoms with E-state index in [0.29, 0.717) is 0 Å². The Morgan fingerprint density at radius 1 is 1.70 bits per heavy atom. The molecule has 1 aliphatic rings. The number of nitrogens with two attached hydrogens (primary N) is 1. The van der Waals surface area contributed by atoms with Gasteiger partial charge in [-0.1, -0.05) is 0 Å². The maximum atomic E-state index is 10.2. The van der Waals surface area contributed by atoms with E-state index in [1.807, 2.05) is 0 Å². The monoisotopic (exact) mass is 165 g/mol. The van der Waals surface area contributed by atoms with Gasteiger partial charge in [0.25, 0.3) is 0 Å². The Balaban J connectivity index is 0.000000810. The number of nitrogens with one attached hydrogen (secondary N) is 2. The molecule has 0 aromatic heterocycles. The summed E-state index contributed by atoms with van der Waals surface area (Å²) in [5.74, 6) is 0. The number of urea groups is 1. The van der Waals surface area contributed by atoms with Gasteiger partial charge in [-0.05, 0) is 13.0 Å². The predicted octanol–water partition coefficient (Wildman–Crippen LogP) is -0.562. The van der Waals surface area contributed by atoms with Gasteiger partial charge in [-0.15, -0.1) is 12.4 Å². The van der Waals surface area contributed by atoms with Crippen molar-refractivity contribution in [3.05, 3.63) is 0 Å². The summed E-state index contributed by atoms with van der Waals surface area (Å²) in [5.41, 5.74) is 4.89. The molecule has 60 valence electrons. The average Bonchev–Trinajstić information content (AvgIpc) is 2.15. The first-order chi connectivity index (χ1) is 4.29. The van der Waals surface area contributed by atoms with Gasteiger partial charge in [0.2, 0.25) is 0 Å². The topological polar surface area (TPSA) is 67.2 Å². The van der Waals surface area contributed by atoms with Crippen LogP contribution in [0.25, 0.3) is 0 Å². The second-order valence-corrected chi connectivity index (χ2v) is 2.20. The first kappa shape index (κ1) is 9.52. The smallest absolute Gasteiger partial charge is 0.312 e. The third kappa shape index (κ3) is 2.89. The van der Waals surface area contributed by atoms with Crippen molar-refractivity contribution >= 4 is 18.4 Å². The highest BCUT2D eigenvalue weighted by Crippen LogP contribution is 1.95. The number of halogens is 1. The fourth-order valence-electron chi connectivity index (χ4n) is 0.979. The van der Waals surface area contributed by atoms with Crippen molar-refractivity contribution < 1.29 is 4.79 Å². The first-order valence-corrected chi connectivity index (χ1v) is 3.06. The first-order valence-electron chi connectivity index (χ1n) is 3.06. The number of carbonyl (C=O) groups excluding carboxylic acids is 1. The summed E-state index contributed by atoms with van der Waals surface area (Å²) in [6, 6.07) is -0.175. The summed E-state index contributed by atoms with van der Waals surface area (Å²) in [4.78, 5) is 10.2. The van der Waals surface area contributed by atoms with Gasteiger partial charge in [0.05, 0.1) is 0 Å². The number of hydrogen-bond acceptors (Lipinski definition) is 2. The van der Waals surface area contributed by atoms with Gasteiger partial charge in [-0.3, -0.25) is 0 Å². The van der Waals surface area contributed by atoms with Gasteiger partial charge in [0.15, 0.2) is 0 Å². The van der Waals surface area contributed by atoms with Crippen LogP contribution < -0.4 is 16.4 Å². The lowest BCUT2D eigenvalue weighted by Gasteiger charge is -2.06. The molecular weight excluding hydrogens is 154 g/mol. The van der Waals surface area contributed by atoms with E-state index in [4.69, 9.17) is 5.73 Å². The number of amides is 2. The van der Waals surface area contributed by atoms with Gasteiger partial charge in [-0.25, -0.2) is 4.79 Å². The molecule has 1 aliphatic heterocycles. The van der Waals surface area contributed by atoms with Crippen molar-refractivity contribution in [2.75, 3.05) is 13.1 Å². The zero-order valence-electron chi connectivity index (χ0n) is 5.59. The highest BCUT2D eigenvalue weighted by molar-refractivity contribution is 5.85. The summed E-state index contributed by atoms with van der Waals surface area (Å²) in [6.07, 6.45) is 0.989.